The summed E-state index contributed by atoms with van der Waals surface area (Å²) in [6.45, 7) is 4.67. The molecule has 1 aliphatic rings. The molecule has 0 radical (unpaired) electrons. The van der Waals surface area contributed by atoms with E-state index >= 15 is 0 Å². The van der Waals surface area contributed by atoms with Gasteiger partial charge in [-0.2, -0.15) is 0 Å². The van der Waals surface area contributed by atoms with Gasteiger partial charge in [0, 0.05) is 30.2 Å². The Hall–Kier alpha value is -2.86. The highest BCUT2D eigenvalue weighted by Crippen LogP contribution is 2.21. The molecule has 1 fully saturated rings. The van der Waals surface area contributed by atoms with Crippen molar-refractivity contribution in [1.29, 1.82) is 0 Å². The fourth-order valence-electron chi connectivity index (χ4n) is 3.39. The Morgan fingerprint density at radius 1 is 0.857 bits per heavy atom. The smallest absolute Gasteiger partial charge is 0.279 e. The highest BCUT2D eigenvalue weighted by atomic mass is 16.2. The Bertz CT molecular complexity index is 796. The van der Waals surface area contributed by atoms with Crippen molar-refractivity contribution in [2.75, 3.05) is 48.8 Å². The summed E-state index contributed by atoms with van der Waals surface area (Å²) < 4.78 is 0. The molecule has 0 aliphatic carbocycles. The number of amides is 2. The van der Waals surface area contributed by atoms with Gasteiger partial charge in [0.15, 0.2) is 13.1 Å². The second kappa shape index (κ2) is 9.37. The van der Waals surface area contributed by atoms with Crippen LogP contribution in [0.1, 0.15) is 18.4 Å². The normalized spacial score (nSPS) is 14.6. The second-order valence-electron chi connectivity index (χ2n) is 7.51. The van der Waals surface area contributed by atoms with Crippen LogP contribution in [0.4, 0.5) is 17.1 Å². The zero-order valence-electron chi connectivity index (χ0n) is 16.6. The molecule has 2 aromatic carbocycles. The van der Waals surface area contributed by atoms with Gasteiger partial charge in [0.05, 0.1) is 7.05 Å². The van der Waals surface area contributed by atoms with Gasteiger partial charge in [0.2, 0.25) is 0 Å². The molecule has 2 aromatic rings. The molecule has 28 heavy (non-hydrogen) atoms. The van der Waals surface area contributed by atoms with E-state index in [4.69, 9.17) is 0 Å². The Balaban J connectivity index is 1.43. The van der Waals surface area contributed by atoms with Crippen molar-refractivity contribution in [3.05, 3.63) is 54.1 Å². The molecule has 6 nitrogen and oxygen atoms in total. The van der Waals surface area contributed by atoms with E-state index in [0.29, 0.717) is 0 Å². The first kappa shape index (κ1) is 19.9. The number of anilines is 3. The summed E-state index contributed by atoms with van der Waals surface area (Å²) >= 11 is 0. The number of aryl methyl sites for hydroxylation is 1. The Kier molecular flexibility index (Phi) is 6.66. The topological polar surface area (TPSA) is 65.9 Å². The number of rotatable bonds is 7. The van der Waals surface area contributed by atoms with E-state index in [0.717, 1.165) is 34.9 Å². The maximum Gasteiger partial charge on any atom is 0.279 e. The van der Waals surface area contributed by atoms with Crippen LogP contribution in [0.5, 0.6) is 0 Å². The molecule has 3 N–H and O–H groups in total. The second-order valence-corrected chi connectivity index (χ2v) is 7.51. The number of carbonyl (C=O) groups excluding carboxylic acids is 2. The molecule has 2 amide bonds. The largest absolute Gasteiger partial charge is 0.372 e. The molecule has 148 valence electrons. The van der Waals surface area contributed by atoms with Crippen molar-refractivity contribution in [2.24, 2.45) is 0 Å². The third-order valence-electron chi connectivity index (χ3n) is 4.88. The third kappa shape index (κ3) is 5.82. The van der Waals surface area contributed by atoms with Crippen molar-refractivity contribution < 1.29 is 14.5 Å². The van der Waals surface area contributed by atoms with Crippen LogP contribution < -0.4 is 20.4 Å². The number of benzene rings is 2. The van der Waals surface area contributed by atoms with E-state index < -0.39 is 0 Å². The molecule has 1 unspecified atom stereocenters. The number of quaternary nitrogens is 1. The van der Waals surface area contributed by atoms with Gasteiger partial charge in [0.1, 0.15) is 0 Å². The first-order chi connectivity index (χ1) is 13.5. The lowest BCUT2D eigenvalue weighted by molar-refractivity contribution is -0.862. The molecule has 0 spiro atoms. The summed E-state index contributed by atoms with van der Waals surface area (Å²) in [5, 5.41) is 5.77. The Morgan fingerprint density at radius 2 is 1.32 bits per heavy atom. The summed E-state index contributed by atoms with van der Waals surface area (Å²) in [5.74, 6) is -0.210. The Labute approximate surface area is 166 Å². The fraction of sp³-hybridized carbons (Fsp3) is 0.364. The third-order valence-corrected chi connectivity index (χ3v) is 4.88. The van der Waals surface area contributed by atoms with Crippen molar-refractivity contribution in [1.82, 2.24) is 0 Å². The van der Waals surface area contributed by atoms with Gasteiger partial charge in [-0.3, -0.25) is 9.59 Å². The molecule has 3 rings (SSSR count). The zero-order chi connectivity index (χ0) is 19.9. The number of likely N-dealkylation sites (N-methyl/N-ethyl adjacent to an activating group) is 1. The number of hydrogen-bond donors (Lipinski definition) is 3. The lowest BCUT2D eigenvalue weighted by Crippen LogP contribution is -3.11. The van der Waals surface area contributed by atoms with Crippen LogP contribution in [0, 0.1) is 6.92 Å². The molecule has 0 aromatic heterocycles. The summed E-state index contributed by atoms with van der Waals surface area (Å²) in [6.07, 6.45) is 2.48. The summed E-state index contributed by atoms with van der Waals surface area (Å²) in [5.41, 5.74) is 3.90. The molecule has 0 saturated carbocycles. The minimum absolute atomic E-state index is 0.102. The zero-order valence-corrected chi connectivity index (χ0v) is 16.6. The molecule has 1 atom stereocenters. The van der Waals surface area contributed by atoms with E-state index in [1.54, 1.807) is 0 Å². The monoisotopic (exact) mass is 381 g/mol. The summed E-state index contributed by atoms with van der Waals surface area (Å²) in [4.78, 5) is 27.6. The van der Waals surface area contributed by atoms with E-state index in [9.17, 15) is 9.59 Å². The van der Waals surface area contributed by atoms with Gasteiger partial charge < -0.3 is 20.4 Å². The predicted octanol–water partition coefficient (Wildman–Crippen LogP) is 1.69. The van der Waals surface area contributed by atoms with Crippen LogP contribution in [-0.4, -0.2) is 45.0 Å². The molecular formula is C22H29N4O2+. The summed E-state index contributed by atoms with van der Waals surface area (Å²) in [7, 11) is 1.84. The van der Waals surface area contributed by atoms with Gasteiger partial charge in [-0.25, -0.2) is 0 Å². The lowest BCUT2D eigenvalue weighted by atomic mass is 10.2. The van der Waals surface area contributed by atoms with Crippen molar-refractivity contribution in [3.63, 3.8) is 0 Å². The van der Waals surface area contributed by atoms with Gasteiger partial charge >= 0.3 is 0 Å². The van der Waals surface area contributed by atoms with Crippen LogP contribution in [0.15, 0.2) is 48.5 Å². The van der Waals surface area contributed by atoms with Gasteiger partial charge in [-0.1, -0.05) is 17.7 Å². The molecule has 1 aliphatic heterocycles. The van der Waals surface area contributed by atoms with Crippen LogP contribution in [-0.2, 0) is 9.59 Å². The van der Waals surface area contributed by atoms with Crippen molar-refractivity contribution in [2.45, 2.75) is 19.8 Å². The average molecular weight is 382 g/mol. The van der Waals surface area contributed by atoms with Crippen molar-refractivity contribution >= 4 is 28.9 Å². The number of nitrogens with one attached hydrogen (secondary N) is 3. The Morgan fingerprint density at radius 3 is 1.82 bits per heavy atom. The molecule has 1 saturated heterocycles. The van der Waals surface area contributed by atoms with Crippen LogP contribution in [0.2, 0.25) is 0 Å². The fourth-order valence-corrected chi connectivity index (χ4v) is 3.39. The molecule has 0 bridgehead atoms. The number of nitrogens with zero attached hydrogens (tertiary/aromatic N) is 1. The highest BCUT2D eigenvalue weighted by molar-refractivity contribution is 5.93. The number of hydrogen-bond acceptors (Lipinski definition) is 3. The molecule has 6 heteroatoms. The lowest BCUT2D eigenvalue weighted by Gasteiger charge is -2.18. The van der Waals surface area contributed by atoms with Gasteiger partial charge in [-0.15, -0.1) is 0 Å². The minimum atomic E-state index is -0.107. The minimum Gasteiger partial charge on any atom is -0.372 e. The van der Waals surface area contributed by atoms with Gasteiger partial charge in [-0.05, 0) is 56.2 Å². The van der Waals surface area contributed by atoms with Crippen LogP contribution in [0.3, 0.4) is 0 Å². The highest BCUT2D eigenvalue weighted by Gasteiger charge is 2.15. The summed E-state index contributed by atoms with van der Waals surface area (Å²) in [6, 6.07) is 15.6. The van der Waals surface area contributed by atoms with E-state index in [-0.39, 0.29) is 24.9 Å². The van der Waals surface area contributed by atoms with Crippen molar-refractivity contribution in [3.8, 4) is 0 Å². The standard InChI is InChI=1S/C22H28N4O2/c1-17-5-7-18(8-6-17)23-21(27)15-25(2)16-22(28)24-19-9-11-20(12-10-19)26-13-3-4-14-26/h5-12H,3-4,13-16H2,1-2H3,(H,23,27)(H,24,28)/p+1. The first-order valence-electron chi connectivity index (χ1n) is 9.82. The molecule has 1 heterocycles. The van der Waals surface area contributed by atoms with Crippen LogP contribution in [0.25, 0.3) is 0 Å². The number of carbonyl (C=O) groups is 2. The quantitative estimate of drug-likeness (QED) is 0.684. The SMILES string of the molecule is Cc1ccc(NC(=O)C[NH+](C)CC(=O)Nc2ccc(N3CCCC3)cc2)cc1. The van der Waals surface area contributed by atoms with Gasteiger partial charge in [0.25, 0.3) is 11.8 Å². The first-order valence-corrected chi connectivity index (χ1v) is 9.82. The maximum atomic E-state index is 12.3. The van der Waals surface area contributed by atoms with E-state index in [1.807, 2.05) is 62.5 Å². The molecular weight excluding hydrogens is 352 g/mol. The predicted molar refractivity (Wildman–Crippen MR) is 113 cm³/mol. The van der Waals surface area contributed by atoms with Crippen LogP contribution >= 0.6 is 0 Å². The average Bonchev–Trinajstić information content (AvgIpc) is 3.18. The van der Waals surface area contributed by atoms with E-state index in [2.05, 4.69) is 15.5 Å². The maximum absolute atomic E-state index is 12.3. The van der Waals surface area contributed by atoms with E-state index in [1.165, 1.54) is 18.5 Å².